The van der Waals surface area contributed by atoms with Crippen LogP contribution in [-0.2, 0) is 16.6 Å². The maximum absolute atomic E-state index is 13.4. The van der Waals surface area contributed by atoms with Crippen molar-refractivity contribution in [2.75, 3.05) is 26.8 Å². The standard InChI is InChI=1S/C22H24N4O4S/c1-24-9-3-6-17(24)18-14-16(20-8-5-13-31-20)23-26(18)21(27)15-25(10-12-29-2)22(28)19-7-4-11-30-19/h3-9,11,13,18H,10,12,14-15H2,1-2H3/t18-/m1/s1. The number of carbonyl (C=O) groups excluding carboxylic acids is 2. The third kappa shape index (κ3) is 4.47. The number of carbonyl (C=O) groups is 2. The van der Waals surface area contributed by atoms with Crippen molar-refractivity contribution >= 4 is 28.9 Å². The molecule has 0 saturated heterocycles. The Bertz CT molecular complexity index is 1060. The number of aromatic nitrogens is 1. The van der Waals surface area contributed by atoms with E-state index in [-0.39, 0.29) is 36.7 Å². The Morgan fingerprint density at radius 3 is 2.81 bits per heavy atom. The van der Waals surface area contributed by atoms with E-state index in [9.17, 15) is 9.59 Å². The zero-order chi connectivity index (χ0) is 21.8. The highest BCUT2D eigenvalue weighted by atomic mass is 32.1. The zero-order valence-corrected chi connectivity index (χ0v) is 18.2. The van der Waals surface area contributed by atoms with Crippen molar-refractivity contribution in [1.29, 1.82) is 0 Å². The Morgan fingerprint density at radius 2 is 2.16 bits per heavy atom. The second-order valence-electron chi connectivity index (χ2n) is 7.22. The first kappa shape index (κ1) is 21.1. The minimum Gasteiger partial charge on any atom is -0.459 e. The second-order valence-corrected chi connectivity index (χ2v) is 8.17. The smallest absolute Gasteiger partial charge is 0.290 e. The van der Waals surface area contributed by atoms with Crippen LogP contribution in [0.3, 0.4) is 0 Å². The Balaban J connectivity index is 1.59. The van der Waals surface area contributed by atoms with Crippen molar-refractivity contribution in [3.05, 3.63) is 70.6 Å². The molecule has 0 radical (unpaired) electrons. The minimum atomic E-state index is -0.354. The lowest BCUT2D eigenvalue weighted by atomic mass is 10.1. The topological polar surface area (TPSA) is 80.3 Å². The number of thiophene rings is 1. The first-order valence-corrected chi connectivity index (χ1v) is 10.8. The van der Waals surface area contributed by atoms with Gasteiger partial charge in [0.05, 0.1) is 23.5 Å². The molecule has 9 heteroatoms. The average molecular weight is 441 g/mol. The van der Waals surface area contributed by atoms with E-state index in [1.165, 1.54) is 16.2 Å². The van der Waals surface area contributed by atoms with E-state index in [4.69, 9.17) is 9.15 Å². The molecule has 0 bridgehead atoms. The molecule has 3 aromatic rings. The minimum absolute atomic E-state index is 0.120. The predicted octanol–water partition coefficient (Wildman–Crippen LogP) is 3.15. The molecule has 0 aromatic carbocycles. The van der Waals surface area contributed by atoms with Gasteiger partial charge in [0.2, 0.25) is 0 Å². The summed E-state index contributed by atoms with van der Waals surface area (Å²) in [5.41, 5.74) is 1.86. The molecule has 1 atom stereocenters. The number of furan rings is 1. The molecule has 8 nitrogen and oxygen atoms in total. The average Bonchev–Trinajstić information content (AvgIpc) is 3.55. The van der Waals surface area contributed by atoms with E-state index in [0.29, 0.717) is 13.0 Å². The lowest BCUT2D eigenvalue weighted by molar-refractivity contribution is -0.134. The fourth-order valence-electron chi connectivity index (χ4n) is 3.63. The summed E-state index contributed by atoms with van der Waals surface area (Å²) >= 11 is 1.60. The van der Waals surface area contributed by atoms with Crippen LogP contribution in [0.4, 0.5) is 0 Å². The van der Waals surface area contributed by atoms with Crippen LogP contribution in [0.1, 0.15) is 33.6 Å². The Hall–Kier alpha value is -3.17. The molecule has 3 aromatic heterocycles. The normalized spacial score (nSPS) is 15.9. The number of amides is 2. The lowest BCUT2D eigenvalue weighted by Crippen LogP contribution is -2.42. The van der Waals surface area contributed by atoms with Gasteiger partial charge in [0, 0.05) is 39.0 Å². The van der Waals surface area contributed by atoms with Crippen LogP contribution in [0.25, 0.3) is 0 Å². The number of nitrogens with zero attached hydrogens (tertiary/aromatic N) is 4. The number of ether oxygens (including phenoxy) is 1. The Labute approximate surface area is 184 Å². The van der Waals surface area contributed by atoms with E-state index >= 15 is 0 Å². The second kappa shape index (κ2) is 9.32. The molecule has 0 unspecified atom stereocenters. The summed E-state index contributed by atoms with van der Waals surface area (Å²) < 4.78 is 12.4. The van der Waals surface area contributed by atoms with Crippen LogP contribution >= 0.6 is 11.3 Å². The summed E-state index contributed by atoms with van der Waals surface area (Å²) in [5, 5.41) is 8.18. The molecule has 2 amide bonds. The lowest BCUT2D eigenvalue weighted by Gasteiger charge is -2.26. The molecule has 0 aliphatic carbocycles. The number of methoxy groups -OCH3 is 1. The summed E-state index contributed by atoms with van der Waals surface area (Å²) in [7, 11) is 3.51. The first-order chi connectivity index (χ1) is 15.1. The van der Waals surface area contributed by atoms with Crippen LogP contribution in [0, 0.1) is 0 Å². The Morgan fingerprint density at radius 1 is 1.29 bits per heavy atom. The summed E-state index contributed by atoms with van der Waals surface area (Å²) in [5.74, 6) is -0.423. The van der Waals surface area contributed by atoms with E-state index in [1.807, 2.05) is 47.5 Å². The Kier molecular flexibility index (Phi) is 6.34. The van der Waals surface area contributed by atoms with Gasteiger partial charge in [0.25, 0.3) is 11.8 Å². The highest BCUT2D eigenvalue weighted by Gasteiger charge is 2.36. The van der Waals surface area contributed by atoms with Crippen LogP contribution < -0.4 is 0 Å². The summed E-state index contributed by atoms with van der Waals surface area (Å²) in [6.07, 6.45) is 4.01. The van der Waals surface area contributed by atoms with Crippen molar-refractivity contribution < 1.29 is 18.7 Å². The molecular weight excluding hydrogens is 416 g/mol. The quantitative estimate of drug-likeness (QED) is 0.539. The molecule has 0 saturated carbocycles. The zero-order valence-electron chi connectivity index (χ0n) is 17.4. The fourth-order valence-corrected chi connectivity index (χ4v) is 4.35. The van der Waals surface area contributed by atoms with Gasteiger partial charge in [-0.05, 0) is 35.7 Å². The SMILES string of the molecule is COCCN(CC(=O)N1N=C(c2cccs2)C[C@@H]1c1cccn1C)C(=O)c1ccco1. The van der Waals surface area contributed by atoms with Gasteiger partial charge in [0.1, 0.15) is 12.6 Å². The molecule has 4 heterocycles. The number of aryl methyl sites for hydroxylation is 1. The van der Waals surface area contributed by atoms with Gasteiger partial charge in [-0.1, -0.05) is 6.07 Å². The third-order valence-corrected chi connectivity index (χ3v) is 6.13. The predicted molar refractivity (Wildman–Crippen MR) is 117 cm³/mol. The highest BCUT2D eigenvalue weighted by Crippen LogP contribution is 2.34. The largest absolute Gasteiger partial charge is 0.459 e. The van der Waals surface area contributed by atoms with E-state index in [0.717, 1.165) is 16.3 Å². The van der Waals surface area contributed by atoms with Crippen LogP contribution in [0.15, 0.2) is 63.8 Å². The molecule has 0 N–H and O–H groups in total. The van der Waals surface area contributed by atoms with Crippen molar-refractivity contribution in [3.63, 3.8) is 0 Å². The third-order valence-electron chi connectivity index (χ3n) is 5.21. The van der Waals surface area contributed by atoms with Crippen molar-refractivity contribution in [2.24, 2.45) is 12.1 Å². The maximum Gasteiger partial charge on any atom is 0.290 e. The van der Waals surface area contributed by atoms with Crippen LogP contribution in [-0.4, -0.2) is 58.8 Å². The van der Waals surface area contributed by atoms with Gasteiger partial charge >= 0.3 is 0 Å². The van der Waals surface area contributed by atoms with E-state index in [2.05, 4.69) is 5.10 Å². The van der Waals surface area contributed by atoms with Crippen molar-refractivity contribution in [3.8, 4) is 0 Å². The van der Waals surface area contributed by atoms with Gasteiger partial charge in [-0.25, -0.2) is 5.01 Å². The van der Waals surface area contributed by atoms with E-state index in [1.54, 1.807) is 30.6 Å². The molecule has 1 aliphatic rings. The number of hydrogen-bond donors (Lipinski definition) is 0. The van der Waals surface area contributed by atoms with Crippen LogP contribution in [0.2, 0.25) is 0 Å². The molecule has 31 heavy (non-hydrogen) atoms. The number of hydrazone groups is 1. The van der Waals surface area contributed by atoms with Gasteiger partial charge in [-0.2, -0.15) is 5.10 Å². The van der Waals surface area contributed by atoms with Crippen LogP contribution in [0.5, 0.6) is 0 Å². The number of rotatable bonds is 8. The van der Waals surface area contributed by atoms with E-state index < -0.39 is 0 Å². The van der Waals surface area contributed by atoms with Crippen molar-refractivity contribution in [2.45, 2.75) is 12.5 Å². The summed E-state index contributed by atoms with van der Waals surface area (Å²) in [6, 6.07) is 10.9. The van der Waals surface area contributed by atoms with Gasteiger partial charge in [-0.3, -0.25) is 9.59 Å². The molecule has 0 spiro atoms. The molecular formula is C22H24N4O4S. The molecule has 1 aliphatic heterocycles. The maximum atomic E-state index is 13.4. The summed E-state index contributed by atoms with van der Waals surface area (Å²) in [4.78, 5) is 28.7. The molecule has 162 valence electrons. The van der Waals surface area contributed by atoms with Gasteiger partial charge in [0.15, 0.2) is 5.76 Å². The molecule has 4 rings (SSSR count). The van der Waals surface area contributed by atoms with Gasteiger partial charge < -0.3 is 18.6 Å². The summed E-state index contributed by atoms with van der Waals surface area (Å²) in [6.45, 7) is 0.460. The monoisotopic (exact) mass is 440 g/mol. The van der Waals surface area contributed by atoms with Gasteiger partial charge in [-0.15, -0.1) is 11.3 Å². The highest BCUT2D eigenvalue weighted by molar-refractivity contribution is 7.12. The fraction of sp³-hybridized carbons (Fsp3) is 0.318. The molecule has 0 fully saturated rings. The van der Waals surface area contributed by atoms with Crippen molar-refractivity contribution in [1.82, 2.24) is 14.5 Å². The number of hydrogen-bond acceptors (Lipinski definition) is 6. The first-order valence-electron chi connectivity index (χ1n) is 9.95.